The molecule has 4 aromatic rings. The van der Waals surface area contributed by atoms with E-state index in [4.69, 9.17) is 13.7 Å². The first-order valence-electron chi connectivity index (χ1n) is 9.58. The molecule has 0 amide bonds. The van der Waals surface area contributed by atoms with Gasteiger partial charge in [0, 0.05) is 22.5 Å². The molecule has 0 bridgehead atoms. The van der Waals surface area contributed by atoms with Crippen LogP contribution in [-0.2, 0) is 9.31 Å². The second kappa shape index (κ2) is 5.93. The first-order chi connectivity index (χ1) is 13.4. The molecule has 28 heavy (non-hydrogen) atoms. The molecule has 3 heterocycles. The van der Waals surface area contributed by atoms with Crippen LogP contribution in [0.2, 0.25) is 0 Å². The summed E-state index contributed by atoms with van der Waals surface area (Å²) in [6, 6.07) is 18.2. The lowest BCUT2D eigenvalue weighted by atomic mass is 9.77. The van der Waals surface area contributed by atoms with Crippen LogP contribution in [0.25, 0.3) is 33.2 Å². The SMILES string of the molecule is CC1(C)OB(c2cc(-c3ccccn3)c3oc4ccccc4c3c2)OC1(C)C. The summed E-state index contributed by atoms with van der Waals surface area (Å²) in [5.74, 6) is 0. The standard InChI is InChI=1S/C23H22BNO3/c1-22(2)23(3,4)28-24(27-22)15-13-17-16-9-5-6-11-20(16)26-21(17)18(14-15)19-10-7-8-12-25-19/h5-14H,1-4H3. The molecule has 2 aromatic carbocycles. The topological polar surface area (TPSA) is 44.5 Å². The van der Waals surface area contributed by atoms with Crippen molar-refractivity contribution in [1.29, 1.82) is 0 Å². The van der Waals surface area contributed by atoms with Crippen LogP contribution in [-0.4, -0.2) is 23.3 Å². The number of pyridine rings is 1. The summed E-state index contributed by atoms with van der Waals surface area (Å²) >= 11 is 0. The van der Waals surface area contributed by atoms with Gasteiger partial charge in [0.05, 0.1) is 16.9 Å². The third-order valence-corrected chi connectivity index (χ3v) is 5.97. The van der Waals surface area contributed by atoms with Gasteiger partial charge in [0.15, 0.2) is 0 Å². The molecule has 5 rings (SSSR count). The first kappa shape index (κ1) is 17.5. The van der Waals surface area contributed by atoms with E-state index in [2.05, 4.69) is 50.9 Å². The van der Waals surface area contributed by atoms with Gasteiger partial charge in [0.1, 0.15) is 11.2 Å². The van der Waals surface area contributed by atoms with Gasteiger partial charge in [0.2, 0.25) is 0 Å². The first-order valence-corrected chi connectivity index (χ1v) is 9.58. The summed E-state index contributed by atoms with van der Waals surface area (Å²) in [6.45, 7) is 8.27. The van der Waals surface area contributed by atoms with Gasteiger partial charge in [-0.3, -0.25) is 4.98 Å². The Hall–Kier alpha value is -2.63. The number of furan rings is 1. The molecular formula is C23H22BNO3. The maximum Gasteiger partial charge on any atom is 0.494 e. The van der Waals surface area contributed by atoms with E-state index in [9.17, 15) is 0 Å². The fraction of sp³-hybridized carbons (Fsp3) is 0.261. The minimum absolute atomic E-state index is 0.393. The van der Waals surface area contributed by atoms with Crippen LogP contribution in [0.15, 0.2) is 65.2 Å². The van der Waals surface area contributed by atoms with Crippen molar-refractivity contribution in [1.82, 2.24) is 4.98 Å². The predicted molar refractivity (Wildman–Crippen MR) is 113 cm³/mol. The molecule has 1 aliphatic rings. The molecule has 0 spiro atoms. The van der Waals surface area contributed by atoms with Crippen LogP contribution in [0, 0.1) is 0 Å². The lowest BCUT2D eigenvalue weighted by Crippen LogP contribution is -2.41. The summed E-state index contributed by atoms with van der Waals surface area (Å²) in [6.07, 6.45) is 1.80. The van der Waals surface area contributed by atoms with Crippen LogP contribution in [0.3, 0.4) is 0 Å². The van der Waals surface area contributed by atoms with E-state index in [1.807, 2.05) is 36.4 Å². The zero-order chi connectivity index (χ0) is 19.5. The highest BCUT2D eigenvalue weighted by atomic mass is 16.7. The number of hydrogen-bond acceptors (Lipinski definition) is 4. The van der Waals surface area contributed by atoms with E-state index in [0.29, 0.717) is 0 Å². The van der Waals surface area contributed by atoms with Crippen LogP contribution in [0.5, 0.6) is 0 Å². The summed E-state index contributed by atoms with van der Waals surface area (Å²) in [7, 11) is -0.439. The molecule has 5 heteroatoms. The summed E-state index contributed by atoms with van der Waals surface area (Å²) in [5.41, 5.74) is 3.69. The highest BCUT2D eigenvalue weighted by Crippen LogP contribution is 2.38. The van der Waals surface area contributed by atoms with Gasteiger partial charge >= 0.3 is 7.12 Å². The van der Waals surface area contributed by atoms with E-state index in [1.165, 1.54) is 0 Å². The summed E-state index contributed by atoms with van der Waals surface area (Å²) < 4.78 is 18.8. The second-order valence-corrected chi connectivity index (χ2v) is 8.35. The maximum absolute atomic E-state index is 6.31. The number of nitrogens with zero attached hydrogens (tertiary/aromatic N) is 1. The molecule has 1 saturated heterocycles. The van der Waals surface area contributed by atoms with Gasteiger partial charge in [-0.15, -0.1) is 0 Å². The highest BCUT2D eigenvalue weighted by molar-refractivity contribution is 6.62. The van der Waals surface area contributed by atoms with E-state index in [1.54, 1.807) is 6.20 Å². The van der Waals surface area contributed by atoms with Crippen molar-refractivity contribution in [3.63, 3.8) is 0 Å². The van der Waals surface area contributed by atoms with Crippen molar-refractivity contribution < 1.29 is 13.7 Å². The van der Waals surface area contributed by atoms with Gasteiger partial charge in [-0.1, -0.05) is 30.3 Å². The third-order valence-electron chi connectivity index (χ3n) is 5.97. The summed E-state index contributed by atoms with van der Waals surface area (Å²) in [4.78, 5) is 4.55. The fourth-order valence-corrected chi connectivity index (χ4v) is 3.68. The van der Waals surface area contributed by atoms with Gasteiger partial charge in [-0.2, -0.15) is 0 Å². The van der Waals surface area contributed by atoms with E-state index in [0.717, 1.165) is 38.7 Å². The quantitative estimate of drug-likeness (QED) is 0.468. The van der Waals surface area contributed by atoms with Gasteiger partial charge in [-0.05, 0) is 57.4 Å². The third kappa shape index (κ3) is 2.58. The van der Waals surface area contributed by atoms with E-state index in [-0.39, 0.29) is 0 Å². The zero-order valence-electron chi connectivity index (χ0n) is 16.5. The Morgan fingerprint density at radius 1 is 0.821 bits per heavy atom. The number of hydrogen-bond donors (Lipinski definition) is 0. The van der Waals surface area contributed by atoms with Crippen molar-refractivity contribution in [2.24, 2.45) is 0 Å². The van der Waals surface area contributed by atoms with Crippen molar-refractivity contribution >= 4 is 34.5 Å². The van der Waals surface area contributed by atoms with Crippen molar-refractivity contribution in [3.05, 3.63) is 60.8 Å². The fourth-order valence-electron chi connectivity index (χ4n) is 3.68. The minimum Gasteiger partial charge on any atom is -0.455 e. The Kier molecular flexibility index (Phi) is 3.70. The van der Waals surface area contributed by atoms with Crippen LogP contribution in [0.1, 0.15) is 27.7 Å². The van der Waals surface area contributed by atoms with E-state index < -0.39 is 18.3 Å². The molecule has 0 radical (unpaired) electrons. The largest absolute Gasteiger partial charge is 0.494 e. The van der Waals surface area contributed by atoms with Gasteiger partial charge in [0.25, 0.3) is 0 Å². The molecule has 0 aliphatic carbocycles. The molecule has 0 atom stereocenters. The Labute approximate surface area is 164 Å². The number of benzene rings is 2. The maximum atomic E-state index is 6.31. The van der Waals surface area contributed by atoms with Crippen LogP contribution >= 0.6 is 0 Å². The van der Waals surface area contributed by atoms with Crippen molar-refractivity contribution in [3.8, 4) is 11.3 Å². The molecule has 0 N–H and O–H groups in total. The van der Waals surface area contributed by atoms with Gasteiger partial charge in [-0.25, -0.2) is 0 Å². The zero-order valence-corrected chi connectivity index (χ0v) is 16.5. The van der Waals surface area contributed by atoms with Crippen molar-refractivity contribution in [2.45, 2.75) is 38.9 Å². The molecule has 4 nitrogen and oxygen atoms in total. The number of fused-ring (bicyclic) bond motifs is 3. The normalized spacial score (nSPS) is 18.2. The Bertz CT molecular complexity index is 1160. The Morgan fingerprint density at radius 2 is 1.54 bits per heavy atom. The van der Waals surface area contributed by atoms with Gasteiger partial charge < -0.3 is 13.7 Å². The minimum atomic E-state index is -0.439. The van der Waals surface area contributed by atoms with Crippen LogP contribution < -0.4 is 5.46 Å². The molecule has 1 aliphatic heterocycles. The van der Waals surface area contributed by atoms with E-state index >= 15 is 0 Å². The molecule has 0 unspecified atom stereocenters. The smallest absolute Gasteiger partial charge is 0.455 e. The number of rotatable bonds is 2. The second-order valence-electron chi connectivity index (χ2n) is 8.35. The van der Waals surface area contributed by atoms with Crippen LogP contribution in [0.4, 0.5) is 0 Å². The highest BCUT2D eigenvalue weighted by Gasteiger charge is 2.51. The predicted octanol–water partition coefficient (Wildman–Crippen LogP) is 4.95. The summed E-state index contributed by atoms with van der Waals surface area (Å²) in [5, 5.41) is 2.12. The molecule has 2 aromatic heterocycles. The lowest BCUT2D eigenvalue weighted by molar-refractivity contribution is 0.00578. The number of aromatic nitrogens is 1. The monoisotopic (exact) mass is 371 g/mol. The average molecular weight is 371 g/mol. The van der Waals surface area contributed by atoms with Crippen molar-refractivity contribution in [2.75, 3.05) is 0 Å². The average Bonchev–Trinajstić information content (AvgIpc) is 3.15. The Balaban J connectivity index is 1.76. The lowest BCUT2D eigenvalue weighted by Gasteiger charge is -2.32. The number of para-hydroxylation sites is 1. The molecular weight excluding hydrogens is 349 g/mol. The molecule has 140 valence electrons. The Morgan fingerprint density at radius 3 is 2.25 bits per heavy atom. The molecule has 1 fully saturated rings. The molecule has 0 saturated carbocycles.